The van der Waals surface area contributed by atoms with Crippen LogP contribution < -0.4 is 0 Å². The van der Waals surface area contributed by atoms with Crippen LogP contribution in [0.2, 0.25) is 0 Å². The van der Waals surface area contributed by atoms with Crippen molar-refractivity contribution in [3.8, 4) is 0 Å². The minimum Gasteiger partial charge on any atom is -0.478 e. The van der Waals surface area contributed by atoms with Gasteiger partial charge >= 0.3 is 5.97 Å². The number of thiophene rings is 1. The highest BCUT2D eigenvalue weighted by atomic mass is 32.1. The zero-order valence-electron chi connectivity index (χ0n) is 13.0. The molecule has 1 atom stereocenters. The molecule has 0 saturated heterocycles. The van der Waals surface area contributed by atoms with Crippen molar-refractivity contribution in [2.45, 2.75) is 34.1 Å². The van der Waals surface area contributed by atoms with E-state index in [0.717, 1.165) is 29.5 Å². The van der Waals surface area contributed by atoms with Crippen LogP contribution in [0.3, 0.4) is 0 Å². The van der Waals surface area contributed by atoms with Gasteiger partial charge in [-0.3, -0.25) is 4.79 Å². The van der Waals surface area contributed by atoms with E-state index >= 15 is 0 Å². The number of aliphatic carboxylic acids is 1. The molecule has 0 spiro atoms. The summed E-state index contributed by atoms with van der Waals surface area (Å²) in [5.41, 5.74) is 0.931. The SMILES string of the molecule is CCC(C)CN(CC)C(=O)c1cc(C)c(/C=C/C(=O)O)s1. The Morgan fingerprint density at radius 3 is 2.62 bits per heavy atom. The average molecular weight is 309 g/mol. The van der Waals surface area contributed by atoms with Gasteiger partial charge in [-0.15, -0.1) is 11.3 Å². The lowest BCUT2D eigenvalue weighted by atomic mass is 10.1. The first-order valence-electron chi connectivity index (χ1n) is 7.19. The summed E-state index contributed by atoms with van der Waals surface area (Å²) < 4.78 is 0. The molecule has 1 N–H and O–H groups in total. The molecule has 5 heteroatoms. The van der Waals surface area contributed by atoms with Gasteiger partial charge in [-0.2, -0.15) is 0 Å². The van der Waals surface area contributed by atoms with Crippen LogP contribution in [-0.4, -0.2) is 35.0 Å². The normalized spacial score (nSPS) is 12.6. The Bertz CT molecular complexity index is 534. The summed E-state index contributed by atoms with van der Waals surface area (Å²) >= 11 is 1.35. The molecule has 1 unspecified atom stereocenters. The van der Waals surface area contributed by atoms with Crippen molar-refractivity contribution in [2.75, 3.05) is 13.1 Å². The first-order valence-corrected chi connectivity index (χ1v) is 8.01. The number of rotatable bonds is 7. The Kier molecular flexibility index (Phi) is 6.62. The van der Waals surface area contributed by atoms with Crippen molar-refractivity contribution >= 4 is 29.3 Å². The molecule has 0 fully saturated rings. The third-order valence-electron chi connectivity index (χ3n) is 3.44. The molecule has 1 aromatic rings. The topological polar surface area (TPSA) is 57.6 Å². The number of amides is 1. The Morgan fingerprint density at radius 1 is 1.43 bits per heavy atom. The number of carbonyl (C=O) groups is 2. The van der Waals surface area contributed by atoms with Gasteiger partial charge in [-0.05, 0) is 37.5 Å². The van der Waals surface area contributed by atoms with Crippen LogP contribution in [0.4, 0.5) is 0 Å². The summed E-state index contributed by atoms with van der Waals surface area (Å²) in [6.07, 6.45) is 3.69. The molecule has 0 bridgehead atoms. The molecule has 0 aliphatic heterocycles. The average Bonchev–Trinajstić information content (AvgIpc) is 2.82. The Morgan fingerprint density at radius 2 is 2.10 bits per heavy atom. The lowest BCUT2D eigenvalue weighted by Crippen LogP contribution is -2.34. The van der Waals surface area contributed by atoms with Gasteiger partial charge in [-0.25, -0.2) is 4.79 Å². The van der Waals surface area contributed by atoms with E-state index in [1.807, 2.05) is 24.8 Å². The van der Waals surface area contributed by atoms with E-state index in [1.54, 1.807) is 6.08 Å². The van der Waals surface area contributed by atoms with E-state index in [2.05, 4.69) is 13.8 Å². The third kappa shape index (κ3) is 5.01. The van der Waals surface area contributed by atoms with Crippen molar-refractivity contribution in [3.63, 3.8) is 0 Å². The summed E-state index contributed by atoms with van der Waals surface area (Å²) in [7, 11) is 0. The quantitative estimate of drug-likeness (QED) is 0.782. The predicted molar refractivity (Wildman–Crippen MR) is 86.8 cm³/mol. The number of nitrogens with zero attached hydrogens (tertiary/aromatic N) is 1. The molecular weight excluding hydrogens is 286 g/mol. The zero-order chi connectivity index (χ0) is 16.0. The lowest BCUT2D eigenvalue weighted by Gasteiger charge is -2.23. The molecule has 1 amide bonds. The number of hydrogen-bond acceptors (Lipinski definition) is 3. The molecule has 116 valence electrons. The number of aryl methyl sites for hydroxylation is 1. The second kappa shape index (κ2) is 7.98. The number of carbonyl (C=O) groups excluding carboxylic acids is 1. The summed E-state index contributed by atoms with van der Waals surface area (Å²) in [6, 6.07) is 1.84. The maximum Gasteiger partial charge on any atom is 0.328 e. The molecule has 21 heavy (non-hydrogen) atoms. The van der Waals surface area contributed by atoms with Crippen molar-refractivity contribution in [1.29, 1.82) is 0 Å². The third-order valence-corrected chi connectivity index (χ3v) is 4.63. The molecule has 0 aliphatic carbocycles. The van der Waals surface area contributed by atoms with Crippen molar-refractivity contribution in [2.24, 2.45) is 5.92 Å². The fraction of sp³-hybridized carbons (Fsp3) is 0.500. The van der Waals surface area contributed by atoms with E-state index in [4.69, 9.17) is 5.11 Å². The molecule has 0 aliphatic rings. The highest BCUT2D eigenvalue weighted by Crippen LogP contribution is 2.25. The summed E-state index contributed by atoms with van der Waals surface area (Å²) in [5, 5.41) is 8.68. The monoisotopic (exact) mass is 309 g/mol. The molecule has 0 saturated carbocycles. The summed E-state index contributed by atoms with van der Waals surface area (Å²) in [6.45, 7) is 9.55. The minimum atomic E-state index is -0.984. The molecule has 1 heterocycles. The smallest absolute Gasteiger partial charge is 0.328 e. The van der Waals surface area contributed by atoms with Crippen molar-refractivity contribution < 1.29 is 14.7 Å². The maximum absolute atomic E-state index is 12.5. The van der Waals surface area contributed by atoms with Crippen LogP contribution >= 0.6 is 11.3 Å². The first kappa shape index (κ1) is 17.4. The van der Waals surface area contributed by atoms with Gasteiger partial charge in [0, 0.05) is 24.0 Å². The van der Waals surface area contributed by atoms with Gasteiger partial charge in [0.2, 0.25) is 0 Å². The van der Waals surface area contributed by atoms with Crippen LogP contribution in [0.15, 0.2) is 12.1 Å². The van der Waals surface area contributed by atoms with Gasteiger partial charge in [-0.1, -0.05) is 20.3 Å². The molecular formula is C16H23NO3S. The largest absolute Gasteiger partial charge is 0.478 e. The molecule has 0 radical (unpaired) electrons. The van der Waals surface area contributed by atoms with E-state index < -0.39 is 5.97 Å². The van der Waals surface area contributed by atoms with Crippen LogP contribution in [0.1, 0.15) is 47.3 Å². The molecule has 1 rings (SSSR count). The van der Waals surface area contributed by atoms with Gasteiger partial charge in [0.15, 0.2) is 0 Å². The number of hydrogen-bond donors (Lipinski definition) is 1. The highest BCUT2D eigenvalue weighted by Gasteiger charge is 2.19. The fourth-order valence-electron chi connectivity index (χ4n) is 1.93. The second-order valence-corrected chi connectivity index (χ2v) is 6.27. The second-order valence-electron chi connectivity index (χ2n) is 5.19. The van der Waals surface area contributed by atoms with Crippen molar-refractivity contribution in [1.82, 2.24) is 4.90 Å². The number of carboxylic acids is 1. The molecule has 1 aromatic heterocycles. The van der Waals surface area contributed by atoms with Gasteiger partial charge in [0.05, 0.1) is 4.88 Å². The van der Waals surface area contributed by atoms with Gasteiger partial charge < -0.3 is 10.0 Å². The number of carboxylic acid groups (broad SMARTS) is 1. The maximum atomic E-state index is 12.5. The van der Waals surface area contributed by atoms with Crippen molar-refractivity contribution in [3.05, 3.63) is 27.5 Å². The Balaban J connectivity index is 2.91. The minimum absolute atomic E-state index is 0.0286. The van der Waals surface area contributed by atoms with Crippen LogP contribution in [-0.2, 0) is 4.79 Å². The van der Waals surface area contributed by atoms with Gasteiger partial charge in [0.25, 0.3) is 5.91 Å². The van der Waals surface area contributed by atoms with E-state index in [-0.39, 0.29) is 5.91 Å². The summed E-state index contributed by atoms with van der Waals surface area (Å²) in [5.74, 6) is -0.482. The lowest BCUT2D eigenvalue weighted by molar-refractivity contribution is -0.131. The van der Waals surface area contributed by atoms with Crippen LogP contribution in [0.5, 0.6) is 0 Å². The van der Waals surface area contributed by atoms with E-state index in [1.165, 1.54) is 11.3 Å². The van der Waals surface area contributed by atoms with Gasteiger partial charge in [0.1, 0.15) is 0 Å². The summed E-state index contributed by atoms with van der Waals surface area (Å²) in [4.78, 5) is 26.4. The van der Waals surface area contributed by atoms with E-state index in [0.29, 0.717) is 17.3 Å². The van der Waals surface area contributed by atoms with Crippen LogP contribution in [0, 0.1) is 12.8 Å². The fourth-order valence-corrected chi connectivity index (χ4v) is 2.98. The standard InChI is InChI=1S/C16H23NO3S/c1-5-11(3)10-17(6-2)16(20)14-9-12(4)13(21-14)7-8-15(18)19/h7-9,11H,5-6,10H2,1-4H3,(H,18,19)/b8-7+. The molecule has 4 nitrogen and oxygen atoms in total. The highest BCUT2D eigenvalue weighted by molar-refractivity contribution is 7.15. The first-order chi connectivity index (χ1) is 9.88. The predicted octanol–water partition coefficient (Wildman–Crippen LogP) is 3.66. The molecule has 0 aromatic carbocycles. The Labute approximate surface area is 130 Å². The Hall–Kier alpha value is -1.62. The zero-order valence-corrected chi connectivity index (χ0v) is 13.9. The van der Waals surface area contributed by atoms with E-state index in [9.17, 15) is 9.59 Å². The van der Waals surface area contributed by atoms with Crippen LogP contribution in [0.25, 0.3) is 6.08 Å².